The number of carbonyl (C=O) groups excluding carboxylic acids is 3. The molecule has 0 radical (unpaired) electrons. The Labute approximate surface area is 159 Å². The van der Waals surface area contributed by atoms with Crippen LogP contribution in [0.2, 0.25) is 0 Å². The van der Waals surface area contributed by atoms with Gasteiger partial charge in [-0.2, -0.15) is 0 Å². The van der Waals surface area contributed by atoms with Gasteiger partial charge in [0.15, 0.2) is 0 Å². The van der Waals surface area contributed by atoms with Crippen molar-refractivity contribution in [3.63, 3.8) is 0 Å². The number of nitrogens with zero attached hydrogens (tertiary/aromatic N) is 2. The van der Waals surface area contributed by atoms with E-state index in [0.717, 1.165) is 12.0 Å². The number of fused-ring (bicyclic) bond motifs is 1. The molecule has 0 unspecified atom stereocenters. The number of rotatable bonds is 5. The lowest BCUT2D eigenvalue weighted by atomic mass is 9.93. The van der Waals surface area contributed by atoms with E-state index in [1.165, 1.54) is 20.0 Å². The van der Waals surface area contributed by atoms with Crippen LogP contribution in [-0.2, 0) is 19.1 Å². The van der Waals surface area contributed by atoms with Crippen molar-refractivity contribution in [1.82, 2.24) is 9.80 Å². The van der Waals surface area contributed by atoms with E-state index in [1.54, 1.807) is 4.90 Å². The van der Waals surface area contributed by atoms with Crippen molar-refractivity contribution in [2.45, 2.75) is 44.2 Å². The molecule has 6 nitrogen and oxygen atoms in total. The maximum atomic E-state index is 13.0. The number of hydrogen-bond acceptors (Lipinski definition) is 4. The number of carbonyl (C=O) groups is 3. The molecule has 2 amide bonds. The smallest absolute Gasteiger partial charge is 0.311 e. The van der Waals surface area contributed by atoms with E-state index in [1.807, 2.05) is 35.2 Å². The Morgan fingerprint density at radius 3 is 2.59 bits per heavy atom. The number of benzene rings is 1. The average molecular weight is 370 g/mol. The molecule has 6 heteroatoms. The summed E-state index contributed by atoms with van der Waals surface area (Å²) in [6.07, 6.45) is 4.43. The molecule has 4 rings (SSSR count). The normalized spacial score (nSPS) is 27.4. The predicted octanol–water partition coefficient (Wildman–Crippen LogP) is 2.15. The van der Waals surface area contributed by atoms with Gasteiger partial charge in [-0.1, -0.05) is 43.2 Å². The number of esters is 1. The lowest BCUT2D eigenvalue weighted by Crippen LogP contribution is -2.55. The lowest BCUT2D eigenvalue weighted by molar-refractivity contribution is -0.151. The molecule has 3 fully saturated rings. The molecule has 3 aliphatic rings. The van der Waals surface area contributed by atoms with Gasteiger partial charge in [-0.25, -0.2) is 0 Å². The van der Waals surface area contributed by atoms with Crippen LogP contribution in [0.3, 0.4) is 0 Å². The maximum Gasteiger partial charge on any atom is 0.311 e. The van der Waals surface area contributed by atoms with Crippen LogP contribution in [0, 0.1) is 11.8 Å². The first kappa shape index (κ1) is 18.0. The van der Waals surface area contributed by atoms with Crippen molar-refractivity contribution < 1.29 is 19.1 Å². The average Bonchev–Trinajstić information content (AvgIpc) is 3.44. The van der Waals surface area contributed by atoms with Crippen molar-refractivity contribution in [2.24, 2.45) is 11.8 Å². The summed E-state index contributed by atoms with van der Waals surface area (Å²) < 4.78 is 5.02. The van der Waals surface area contributed by atoms with Gasteiger partial charge in [0.2, 0.25) is 11.8 Å². The van der Waals surface area contributed by atoms with Gasteiger partial charge in [0.1, 0.15) is 0 Å². The number of ether oxygens (including phenoxy) is 1. The van der Waals surface area contributed by atoms with Crippen molar-refractivity contribution in [3.05, 3.63) is 35.9 Å². The molecule has 1 saturated carbocycles. The zero-order valence-electron chi connectivity index (χ0n) is 15.7. The molecule has 0 bridgehead atoms. The Kier molecular flexibility index (Phi) is 4.89. The molecule has 2 heterocycles. The summed E-state index contributed by atoms with van der Waals surface area (Å²) >= 11 is 0. The van der Waals surface area contributed by atoms with E-state index in [-0.39, 0.29) is 36.4 Å². The summed E-state index contributed by atoms with van der Waals surface area (Å²) in [5.74, 6) is -0.00641. The van der Waals surface area contributed by atoms with E-state index in [2.05, 4.69) is 0 Å². The second-order valence-electron chi connectivity index (χ2n) is 7.93. The van der Waals surface area contributed by atoms with Crippen molar-refractivity contribution in [2.75, 3.05) is 20.2 Å². The van der Waals surface area contributed by atoms with Crippen molar-refractivity contribution in [1.29, 1.82) is 0 Å². The van der Waals surface area contributed by atoms with E-state index in [4.69, 9.17) is 4.74 Å². The Morgan fingerprint density at radius 2 is 1.93 bits per heavy atom. The van der Waals surface area contributed by atoms with Gasteiger partial charge in [-0.05, 0) is 24.3 Å². The molecule has 0 spiro atoms. The van der Waals surface area contributed by atoms with E-state index in [0.29, 0.717) is 25.3 Å². The van der Waals surface area contributed by atoms with Crippen LogP contribution < -0.4 is 0 Å². The maximum absolute atomic E-state index is 13.0. The number of hydrogen-bond donors (Lipinski definition) is 0. The third kappa shape index (κ3) is 3.57. The van der Waals surface area contributed by atoms with Crippen LogP contribution in [-0.4, -0.2) is 53.8 Å². The monoisotopic (exact) mass is 370 g/mol. The van der Waals surface area contributed by atoms with Crippen LogP contribution in [0.25, 0.3) is 0 Å². The molecule has 0 aromatic heterocycles. The SMILES string of the molecule is COC(=O)[C@H]1C[C@H]2CN(C(=O)CCC3CC3)CC(=O)N2[C@H]1c1ccccc1. The highest BCUT2D eigenvalue weighted by atomic mass is 16.5. The van der Waals surface area contributed by atoms with Crippen molar-refractivity contribution in [3.8, 4) is 0 Å². The summed E-state index contributed by atoms with van der Waals surface area (Å²) in [7, 11) is 1.39. The minimum Gasteiger partial charge on any atom is -0.469 e. The predicted molar refractivity (Wildman–Crippen MR) is 98.5 cm³/mol. The molecular formula is C21H26N2O4. The van der Waals surface area contributed by atoms with E-state index < -0.39 is 5.92 Å². The van der Waals surface area contributed by atoms with Crippen LogP contribution in [0.4, 0.5) is 0 Å². The zero-order valence-corrected chi connectivity index (χ0v) is 15.7. The van der Waals surface area contributed by atoms with Crippen LogP contribution >= 0.6 is 0 Å². The second-order valence-corrected chi connectivity index (χ2v) is 7.93. The highest BCUT2D eigenvalue weighted by molar-refractivity contribution is 5.88. The Morgan fingerprint density at radius 1 is 1.19 bits per heavy atom. The fourth-order valence-electron chi connectivity index (χ4n) is 4.54. The molecule has 1 aromatic carbocycles. The van der Waals surface area contributed by atoms with Crippen molar-refractivity contribution >= 4 is 17.8 Å². The van der Waals surface area contributed by atoms with E-state index in [9.17, 15) is 14.4 Å². The first-order valence-electron chi connectivity index (χ1n) is 9.80. The third-order valence-corrected chi connectivity index (χ3v) is 6.11. The van der Waals surface area contributed by atoms with E-state index >= 15 is 0 Å². The topological polar surface area (TPSA) is 66.9 Å². The largest absolute Gasteiger partial charge is 0.469 e. The Bertz CT molecular complexity index is 731. The fraction of sp³-hybridized carbons (Fsp3) is 0.571. The molecule has 2 aliphatic heterocycles. The van der Waals surface area contributed by atoms with Gasteiger partial charge in [-0.3, -0.25) is 14.4 Å². The van der Waals surface area contributed by atoms with Gasteiger partial charge >= 0.3 is 5.97 Å². The number of piperazine rings is 1. The summed E-state index contributed by atoms with van der Waals surface area (Å²) in [4.78, 5) is 41.4. The molecule has 2 saturated heterocycles. The minimum absolute atomic E-state index is 0.0627. The van der Waals surface area contributed by atoms with Gasteiger partial charge in [0.25, 0.3) is 0 Å². The van der Waals surface area contributed by atoms with Gasteiger partial charge < -0.3 is 14.5 Å². The van der Waals surface area contributed by atoms with Crippen LogP contribution in [0.5, 0.6) is 0 Å². The fourth-order valence-corrected chi connectivity index (χ4v) is 4.54. The molecule has 27 heavy (non-hydrogen) atoms. The minimum atomic E-state index is -0.395. The Hall–Kier alpha value is -2.37. The standard InChI is InChI=1S/C21H26N2O4/c1-27-21(26)17-11-16-12-22(18(24)10-9-14-7-8-14)13-19(25)23(16)20(17)15-5-3-2-4-6-15/h2-6,14,16-17,20H,7-13H2,1H3/t16-,17-,20-/m0/s1. The zero-order chi connectivity index (χ0) is 19.0. The molecular weight excluding hydrogens is 344 g/mol. The highest BCUT2D eigenvalue weighted by Crippen LogP contribution is 2.43. The van der Waals surface area contributed by atoms with Gasteiger partial charge in [0.05, 0.1) is 31.7 Å². The Balaban J connectivity index is 1.54. The highest BCUT2D eigenvalue weighted by Gasteiger charge is 2.51. The third-order valence-electron chi connectivity index (χ3n) is 6.11. The van der Waals surface area contributed by atoms with Gasteiger partial charge in [-0.15, -0.1) is 0 Å². The molecule has 3 atom stereocenters. The number of methoxy groups -OCH3 is 1. The summed E-state index contributed by atoms with van der Waals surface area (Å²) in [5, 5.41) is 0. The van der Waals surface area contributed by atoms with Crippen LogP contribution in [0.15, 0.2) is 30.3 Å². The quantitative estimate of drug-likeness (QED) is 0.745. The number of amides is 2. The first-order chi connectivity index (χ1) is 13.1. The summed E-state index contributed by atoms with van der Waals surface area (Å²) in [6.45, 7) is 0.614. The first-order valence-corrected chi connectivity index (χ1v) is 9.80. The molecule has 1 aromatic rings. The molecule has 1 aliphatic carbocycles. The molecule has 0 N–H and O–H groups in total. The van der Waals surface area contributed by atoms with Gasteiger partial charge in [0, 0.05) is 13.0 Å². The van der Waals surface area contributed by atoms with Crippen LogP contribution in [0.1, 0.15) is 43.7 Å². The molecule has 144 valence electrons. The second kappa shape index (κ2) is 7.33. The lowest BCUT2D eigenvalue weighted by Gasteiger charge is -2.40. The summed E-state index contributed by atoms with van der Waals surface area (Å²) in [5.41, 5.74) is 0.942. The summed E-state index contributed by atoms with van der Waals surface area (Å²) in [6, 6.07) is 9.19.